The Balaban J connectivity index is 1.70. The summed E-state index contributed by atoms with van der Waals surface area (Å²) in [5.74, 6) is -0.0596. The van der Waals surface area contributed by atoms with Crippen molar-refractivity contribution in [1.29, 1.82) is 0 Å². The minimum atomic E-state index is -0.0596. The van der Waals surface area contributed by atoms with Gasteiger partial charge in [-0.05, 0) is 30.2 Å². The highest BCUT2D eigenvalue weighted by Gasteiger charge is 2.27. The van der Waals surface area contributed by atoms with E-state index < -0.39 is 0 Å². The van der Waals surface area contributed by atoms with Crippen LogP contribution in [0.25, 0.3) is 0 Å². The number of carbonyl (C=O) groups is 1. The predicted octanol–water partition coefficient (Wildman–Crippen LogP) is 4.48. The molecule has 0 atom stereocenters. The molecule has 0 saturated heterocycles. The summed E-state index contributed by atoms with van der Waals surface area (Å²) in [6, 6.07) is 9.86. The molecule has 1 aliphatic carbocycles. The van der Waals surface area contributed by atoms with E-state index in [1.165, 1.54) is 32.1 Å². The van der Waals surface area contributed by atoms with E-state index >= 15 is 0 Å². The number of rotatable bonds is 5. The Hall–Kier alpha value is -1.31. The van der Waals surface area contributed by atoms with Crippen molar-refractivity contribution in [3.8, 4) is 0 Å². The quantitative estimate of drug-likeness (QED) is 0.730. The van der Waals surface area contributed by atoms with E-state index in [0.29, 0.717) is 18.4 Å². The Morgan fingerprint density at radius 2 is 1.84 bits per heavy atom. The van der Waals surface area contributed by atoms with Crippen molar-refractivity contribution in [1.82, 2.24) is 0 Å². The molecule has 19 heavy (non-hydrogen) atoms. The lowest BCUT2D eigenvalue weighted by molar-refractivity contribution is -0.145. The summed E-state index contributed by atoms with van der Waals surface area (Å²) in [5.41, 5.74) is 1.42. The fraction of sp³-hybridized carbons (Fsp3) is 0.588. The number of carbonyl (C=O) groups excluding carboxylic acids is 1. The number of ether oxygens (including phenoxy) is 1. The molecule has 104 valence electrons. The Kier molecular flexibility index (Phi) is 5.00. The minimum Gasteiger partial charge on any atom is -0.461 e. The summed E-state index contributed by atoms with van der Waals surface area (Å²) in [6.45, 7) is 2.72. The van der Waals surface area contributed by atoms with Gasteiger partial charge in [0.2, 0.25) is 0 Å². The van der Waals surface area contributed by atoms with Gasteiger partial charge in [0.25, 0.3) is 0 Å². The van der Waals surface area contributed by atoms with Gasteiger partial charge in [0, 0.05) is 6.42 Å². The van der Waals surface area contributed by atoms with Crippen LogP contribution in [-0.4, -0.2) is 5.97 Å². The first-order chi connectivity index (χ1) is 9.18. The Labute approximate surface area is 116 Å². The lowest BCUT2D eigenvalue weighted by Gasteiger charge is -2.33. The normalized spacial score (nSPS) is 17.9. The van der Waals surface area contributed by atoms with Crippen LogP contribution in [0.3, 0.4) is 0 Å². The van der Waals surface area contributed by atoms with Gasteiger partial charge in [-0.2, -0.15) is 0 Å². The average molecular weight is 260 g/mol. The molecule has 0 aliphatic heterocycles. The zero-order valence-electron chi connectivity index (χ0n) is 11.9. The van der Waals surface area contributed by atoms with Crippen LogP contribution < -0.4 is 0 Å². The second-order valence-corrected chi connectivity index (χ2v) is 6.02. The second kappa shape index (κ2) is 6.74. The molecule has 0 radical (unpaired) electrons. The van der Waals surface area contributed by atoms with Gasteiger partial charge in [0.05, 0.1) is 0 Å². The molecule has 1 aromatic carbocycles. The SMILES string of the molecule is CC1(CCC(=O)OCc2ccccc2)CCCCC1. The van der Waals surface area contributed by atoms with Gasteiger partial charge in [-0.3, -0.25) is 4.79 Å². The molecule has 2 heteroatoms. The molecule has 1 aromatic rings. The maximum absolute atomic E-state index is 11.8. The smallest absolute Gasteiger partial charge is 0.306 e. The molecule has 0 amide bonds. The van der Waals surface area contributed by atoms with E-state index in [9.17, 15) is 4.79 Å². The first-order valence-corrected chi connectivity index (χ1v) is 7.38. The van der Waals surface area contributed by atoms with Gasteiger partial charge in [-0.1, -0.05) is 56.5 Å². The summed E-state index contributed by atoms with van der Waals surface area (Å²) in [7, 11) is 0. The van der Waals surface area contributed by atoms with Gasteiger partial charge >= 0.3 is 5.97 Å². The highest BCUT2D eigenvalue weighted by Crippen LogP contribution is 2.39. The summed E-state index contributed by atoms with van der Waals surface area (Å²) in [5, 5.41) is 0. The molecule has 1 fully saturated rings. The van der Waals surface area contributed by atoms with Crippen LogP contribution in [0, 0.1) is 5.41 Å². The van der Waals surface area contributed by atoms with Crippen molar-refractivity contribution in [3.05, 3.63) is 35.9 Å². The third-order valence-electron chi connectivity index (χ3n) is 4.24. The van der Waals surface area contributed by atoms with Crippen LogP contribution in [0.15, 0.2) is 30.3 Å². The van der Waals surface area contributed by atoms with Crippen LogP contribution in [0.1, 0.15) is 57.4 Å². The molecule has 0 unspecified atom stereocenters. The maximum atomic E-state index is 11.8. The summed E-state index contributed by atoms with van der Waals surface area (Å²) in [6.07, 6.45) is 8.04. The van der Waals surface area contributed by atoms with Crippen LogP contribution in [0.4, 0.5) is 0 Å². The van der Waals surface area contributed by atoms with E-state index in [1.54, 1.807) is 0 Å². The maximum Gasteiger partial charge on any atom is 0.306 e. The van der Waals surface area contributed by atoms with Crippen molar-refractivity contribution >= 4 is 5.97 Å². The Morgan fingerprint density at radius 1 is 1.16 bits per heavy atom. The predicted molar refractivity (Wildman–Crippen MR) is 76.7 cm³/mol. The monoisotopic (exact) mass is 260 g/mol. The van der Waals surface area contributed by atoms with Crippen LogP contribution >= 0.6 is 0 Å². The topological polar surface area (TPSA) is 26.3 Å². The van der Waals surface area contributed by atoms with E-state index in [4.69, 9.17) is 4.74 Å². The lowest BCUT2D eigenvalue weighted by atomic mass is 9.73. The van der Waals surface area contributed by atoms with E-state index in [-0.39, 0.29) is 5.97 Å². The number of benzene rings is 1. The summed E-state index contributed by atoms with van der Waals surface area (Å²) < 4.78 is 5.33. The molecule has 0 heterocycles. The standard InChI is InChI=1S/C17H24O2/c1-17(11-6-3-7-12-17)13-10-16(18)19-14-15-8-4-2-5-9-15/h2,4-5,8-9H,3,6-7,10-14H2,1H3. The molecule has 0 aromatic heterocycles. The largest absolute Gasteiger partial charge is 0.461 e. The first-order valence-electron chi connectivity index (χ1n) is 7.38. The zero-order chi connectivity index (χ0) is 13.6. The molecule has 0 spiro atoms. The molecule has 1 saturated carbocycles. The Bertz CT molecular complexity index is 391. The van der Waals surface area contributed by atoms with Crippen molar-refractivity contribution < 1.29 is 9.53 Å². The van der Waals surface area contributed by atoms with E-state index in [1.807, 2.05) is 30.3 Å². The number of esters is 1. The molecule has 1 aliphatic rings. The average Bonchev–Trinajstić information content (AvgIpc) is 2.45. The Morgan fingerprint density at radius 3 is 2.53 bits per heavy atom. The highest BCUT2D eigenvalue weighted by molar-refractivity contribution is 5.69. The highest BCUT2D eigenvalue weighted by atomic mass is 16.5. The van der Waals surface area contributed by atoms with Crippen molar-refractivity contribution in [3.63, 3.8) is 0 Å². The van der Waals surface area contributed by atoms with E-state index in [2.05, 4.69) is 6.92 Å². The number of hydrogen-bond acceptors (Lipinski definition) is 2. The zero-order valence-corrected chi connectivity index (χ0v) is 11.9. The fourth-order valence-corrected chi connectivity index (χ4v) is 2.87. The van der Waals surface area contributed by atoms with Crippen LogP contribution in [0.2, 0.25) is 0 Å². The van der Waals surface area contributed by atoms with Crippen molar-refractivity contribution in [2.24, 2.45) is 5.41 Å². The molecular weight excluding hydrogens is 236 g/mol. The molecule has 2 rings (SSSR count). The minimum absolute atomic E-state index is 0.0596. The van der Waals surface area contributed by atoms with Gasteiger partial charge in [-0.15, -0.1) is 0 Å². The fourth-order valence-electron chi connectivity index (χ4n) is 2.87. The third kappa shape index (κ3) is 4.70. The summed E-state index contributed by atoms with van der Waals surface area (Å²) >= 11 is 0. The van der Waals surface area contributed by atoms with Gasteiger partial charge in [0.1, 0.15) is 6.61 Å². The van der Waals surface area contributed by atoms with Crippen LogP contribution in [0.5, 0.6) is 0 Å². The third-order valence-corrected chi connectivity index (χ3v) is 4.24. The molecule has 0 bridgehead atoms. The van der Waals surface area contributed by atoms with Gasteiger partial charge < -0.3 is 4.74 Å². The van der Waals surface area contributed by atoms with Crippen molar-refractivity contribution in [2.45, 2.75) is 58.5 Å². The number of hydrogen-bond donors (Lipinski definition) is 0. The van der Waals surface area contributed by atoms with Gasteiger partial charge in [0.15, 0.2) is 0 Å². The molecule has 0 N–H and O–H groups in total. The van der Waals surface area contributed by atoms with Crippen molar-refractivity contribution in [2.75, 3.05) is 0 Å². The van der Waals surface area contributed by atoms with E-state index in [0.717, 1.165) is 12.0 Å². The lowest BCUT2D eigenvalue weighted by Crippen LogP contribution is -2.21. The molecule has 2 nitrogen and oxygen atoms in total. The summed E-state index contributed by atoms with van der Waals surface area (Å²) in [4.78, 5) is 11.8. The second-order valence-electron chi connectivity index (χ2n) is 6.02. The molecular formula is C17H24O2. The first kappa shape index (κ1) is 14.1. The van der Waals surface area contributed by atoms with Gasteiger partial charge in [-0.25, -0.2) is 0 Å². The van der Waals surface area contributed by atoms with Crippen LogP contribution in [-0.2, 0) is 16.1 Å².